The highest BCUT2D eigenvalue weighted by Crippen LogP contribution is 2.12. The molecule has 2 aliphatic heterocycles. The lowest BCUT2D eigenvalue weighted by Gasteiger charge is -2.17. The SMILES string of the molecule is O=C1NOCC1N1C(=O)C=CC1=O. The number of hydrogen-bond acceptors (Lipinski definition) is 4. The monoisotopic (exact) mass is 182 g/mol. The highest BCUT2D eigenvalue weighted by atomic mass is 16.7. The second-order valence-corrected chi connectivity index (χ2v) is 2.67. The third kappa shape index (κ3) is 1.11. The third-order valence-electron chi connectivity index (χ3n) is 1.87. The molecule has 1 fully saturated rings. The van der Waals surface area contributed by atoms with Gasteiger partial charge in [0.1, 0.15) is 12.6 Å². The molecule has 0 aromatic heterocycles. The summed E-state index contributed by atoms with van der Waals surface area (Å²) in [5, 5.41) is 0. The predicted octanol–water partition coefficient (Wildman–Crippen LogP) is -1.66. The van der Waals surface area contributed by atoms with Crippen LogP contribution in [-0.2, 0) is 19.2 Å². The van der Waals surface area contributed by atoms with Crippen LogP contribution in [0.1, 0.15) is 0 Å². The Labute approximate surface area is 73.1 Å². The van der Waals surface area contributed by atoms with Crippen molar-refractivity contribution in [2.75, 3.05) is 6.61 Å². The van der Waals surface area contributed by atoms with Crippen molar-refractivity contribution in [3.05, 3.63) is 12.2 Å². The average molecular weight is 182 g/mol. The van der Waals surface area contributed by atoms with Gasteiger partial charge in [0.25, 0.3) is 17.7 Å². The number of hydroxylamine groups is 1. The zero-order valence-electron chi connectivity index (χ0n) is 6.52. The molecule has 1 N–H and O–H groups in total. The molecule has 13 heavy (non-hydrogen) atoms. The summed E-state index contributed by atoms with van der Waals surface area (Å²) >= 11 is 0. The van der Waals surface area contributed by atoms with E-state index in [9.17, 15) is 14.4 Å². The Hall–Kier alpha value is -1.69. The molecule has 0 bridgehead atoms. The average Bonchev–Trinajstić information content (AvgIpc) is 2.60. The largest absolute Gasteiger partial charge is 0.271 e. The van der Waals surface area contributed by atoms with Crippen molar-refractivity contribution in [2.45, 2.75) is 6.04 Å². The van der Waals surface area contributed by atoms with E-state index >= 15 is 0 Å². The van der Waals surface area contributed by atoms with Crippen LogP contribution < -0.4 is 5.48 Å². The van der Waals surface area contributed by atoms with Crippen LogP contribution in [0, 0.1) is 0 Å². The smallest absolute Gasteiger partial charge is 0.269 e. The molecule has 6 nitrogen and oxygen atoms in total. The van der Waals surface area contributed by atoms with Crippen LogP contribution in [0.5, 0.6) is 0 Å². The fourth-order valence-electron chi connectivity index (χ4n) is 1.25. The molecule has 2 rings (SSSR count). The Balaban J connectivity index is 2.21. The second-order valence-electron chi connectivity index (χ2n) is 2.67. The van der Waals surface area contributed by atoms with Gasteiger partial charge in [0.15, 0.2) is 0 Å². The quantitative estimate of drug-likeness (QED) is 0.492. The van der Waals surface area contributed by atoms with Crippen molar-refractivity contribution in [1.29, 1.82) is 0 Å². The van der Waals surface area contributed by atoms with Crippen molar-refractivity contribution in [3.63, 3.8) is 0 Å². The maximum atomic E-state index is 11.1. The number of carbonyl (C=O) groups excluding carboxylic acids is 3. The van der Waals surface area contributed by atoms with Gasteiger partial charge in [-0.2, -0.15) is 0 Å². The van der Waals surface area contributed by atoms with E-state index in [0.29, 0.717) is 0 Å². The van der Waals surface area contributed by atoms with Crippen LogP contribution in [0.3, 0.4) is 0 Å². The molecule has 1 atom stereocenters. The van der Waals surface area contributed by atoms with E-state index in [-0.39, 0.29) is 6.61 Å². The summed E-state index contributed by atoms with van der Waals surface area (Å²) in [6.45, 7) is 0.0119. The third-order valence-corrected chi connectivity index (χ3v) is 1.87. The highest BCUT2D eigenvalue weighted by Gasteiger charge is 2.39. The Morgan fingerprint density at radius 2 is 1.92 bits per heavy atom. The molecule has 0 aromatic carbocycles. The molecule has 6 heteroatoms. The van der Waals surface area contributed by atoms with E-state index in [0.717, 1.165) is 17.1 Å². The zero-order chi connectivity index (χ0) is 9.42. The van der Waals surface area contributed by atoms with Gasteiger partial charge in [-0.1, -0.05) is 0 Å². The summed E-state index contributed by atoms with van der Waals surface area (Å²) in [7, 11) is 0. The van der Waals surface area contributed by atoms with Gasteiger partial charge >= 0.3 is 0 Å². The van der Waals surface area contributed by atoms with Crippen LogP contribution in [0.25, 0.3) is 0 Å². The molecule has 0 saturated carbocycles. The Morgan fingerprint density at radius 1 is 1.31 bits per heavy atom. The Kier molecular flexibility index (Phi) is 1.63. The molecule has 1 saturated heterocycles. The Morgan fingerprint density at radius 3 is 2.38 bits per heavy atom. The van der Waals surface area contributed by atoms with Gasteiger partial charge in [-0.15, -0.1) is 0 Å². The number of hydrogen-bond donors (Lipinski definition) is 1. The number of rotatable bonds is 1. The molecule has 0 radical (unpaired) electrons. The minimum Gasteiger partial charge on any atom is -0.271 e. The van der Waals surface area contributed by atoms with Gasteiger partial charge in [-0.3, -0.25) is 24.1 Å². The van der Waals surface area contributed by atoms with Crippen molar-refractivity contribution in [3.8, 4) is 0 Å². The minimum absolute atomic E-state index is 0.0119. The maximum absolute atomic E-state index is 11.1. The maximum Gasteiger partial charge on any atom is 0.269 e. The lowest BCUT2D eigenvalue weighted by Crippen LogP contribution is -2.45. The van der Waals surface area contributed by atoms with Gasteiger partial charge < -0.3 is 0 Å². The lowest BCUT2D eigenvalue weighted by atomic mass is 10.2. The number of imide groups is 1. The van der Waals surface area contributed by atoms with E-state index in [1.165, 1.54) is 0 Å². The summed E-state index contributed by atoms with van der Waals surface area (Å²) in [5.41, 5.74) is 2.07. The zero-order valence-corrected chi connectivity index (χ0v) is 6.52. The van der Waals surface area contributed by atoms with E-state index < -0.39 is 23.8 Å². The first-order valence-electron chi connectivity index (χ1n) is 3.67. The van der Waals surface area contributed by atoms with E-state index in [2.05, 4.69) is 10.3 Å². The van der Waals surface area contributed by atoms with E-state index in [4.69, 9.17) is 0 Å². The van der Waals surface area contributed by atoms with Crippen LogP contribution in [0.4, 0.5) is 0 Å². The molecular weight excluding hydrogens is 176 g/mol. The Bertz CT molecular complexity index is 304. The molecule has 0 spiro atoms. The van der Waals surface area contributed by atoms with Crippen molar-refractivity contribution in [2.24, 2.45) is 0 Å². The van der Waals surface area contributed by atoms with E-state index in [1.807, 2.05) is 0 Å². The topological polar surface area (TPSA) is 75.7 Å². The summed E-state index contributed by atoms with van der Waals surface area (Å²) in [4.78, 5) is 38.7. The summed E-state index contributed by atoms with van der Waals surface area (Å²) in [5.74, 6) is -1.42. The van der Waals surface area contributed by atoms with Gasteiger partial charge in [0.2, 0.25) is 0 Å². The summed E-state index contributed by atoms with van der Waals surface area (Å²) in [6.07, 6.45) is 2.27. The predicted molar refractivity (Wildman–Crippen MR) is 38.9 cm³/mol. The first-order chi connectivity index (χ1) is 6.20. The van der Waals surface area contributed by atoms with Gasteiger partial charge in [-0.05, 0) is 0 Å². The number of nitrogens with one attached hydrogen (secondary N) is 1. The number of nitrogens with zero attached hydrogens (tertiary/aromatic N) is 1. The van der Waals surface area contributed by atoms with E-state index in [1.54, 1.807) is 0 Å². The van der Waals surface area contributed by atoms with Gasteiger partial charge in [-0.25, -0.2) is 5.48 Å². The lowest BCUT2D eigenvalue weighted by molar-refractivity contribution is -0.143. The second kappa shape index (κ2) is 2.67. The summed E-state index contributed by atoms with van der Waals surface area (Å²) in [6, 6.07) is -0.824. The molecule has 68 valence electrons. The van der Waals surface area contributed by atoms with Crippen LogP contribution in [0.15, 0.2) is 12.2 Å². The van der Waals surface area contributed by atoms with Crippen LogP contribution in [-0.4, -0.2) is 35.3 Å². The number of amides is 3. The summed E-state index contributed by atoms with van der Waals surface area (Å²) < 4.78 is 0. The molecular formula is C7H6N2O4. The van der Waals surface area contributed by atoms with Crippen LogP contribution in [0.2, 0.25) is 0 Å². The van der Waals surface area contributed by atoms with Gasteiger partial charge in [0.05, 0.1) is 0 Å². The molecule has 2 aliphatic rings. The first-order valence-corrected chi connectivity index (χ1v) is 3.67. The normalized spacial score (nSPS) is 27.2. The van der Waals surface area contributed by atoms with Crippen molar-refractivity contribution < 1.29 is 19.2 Å². The molecule has 0 aromatic rings. The van der Waals surface area contributed by atoms with Gasteiger partial charge in [0, 0.05) is 12.2 Å². The molecule has 2 heterocycles. The standard InChI is InChI=1S/C7H6N2O4/c10-5-1-2-6(11)9(5)4-3-13-8-7(4)12/h1-2,4H,3H2,(H,8,12). The fraction of sp³-hybridized carbons (Fsp3) is 0.286. The molecule has 3 amide bonds. The highest BCUT2D eigenvalue weighted by molar-refractivity contribution is 6.15. The minimum atomic E-state index is -0.824. The number of carbonyl (C=O) groups is 3. The van der Waals surface area contributed by atoms with Crippen molar-refractivity contribution in [1.82, 2.24) is 10.4 Å². The first kappa shape index (κ1) is 7.93. The fourth-order valence-corrected chi connectivity index (χ4v) is 1.25. The molecule has 1 unspecified atom stereocenters. The molecule has 0 aliphatic carbocycles. The van der Waals surface area contributed by atoms with Crippen molar-refractivity contribution >= 4 is 17.7 Å². The van der Waals surface area contributed by atoms with Crippen LogP contribution >= 0.6 is 0 Å².